The number of hydrogen-bond acceptors (Lipinski definition) is 2. The molecule has 15 heavy (non-hydrogen) atoms. The fourth-order valence-corrected chi connectivity index (χ4v) is 2.77. The molecular weight excluding hydrogens is 218 g/mol. The molecule has 1 amide bonds. The van der Waals surface area contributed by atoms with Gasteiger partial charge in [0.1, 0.15) is 0 Å². The second kappa shape index (κ2) is 6.07. The van der Waals surface area contributed by atoms with E-state index in [0.29, 0.717) is 24.1 Å². The van der Waals surface area contributed by atoms with Crippen molar-refractivity contribution in [2.75, 3.05) is 12.3 Å². The van der Waals surface area contributed by atoms with E-state index in [4.69, 9.17) is 9.66 Å². The van der Waals surface area contributed by atoms with Gasteiger partial charge in [-0.2, -0.15) is 0 Å². The van der Waals surface area contributed by atoms with Gasteiger partial charge in [-0.3, -0.25) is 0 Å². The first-order chi connectivity index (χ1) is 7.08. The van der Waals surface area contributed by atoms with Crippen LogP contribution in [-0.4, -0.2) is 32.3 Å². The fourth-order valence-electron chi connectivity index (χ4n) is 2.04. The Hall–Kier alpha value is -0.620. The van der Waals surface area contributed by atoms with Crippen molar-refractivity contribution in [2.45, 2.75) is 25.7 Å². The van der Waals surface area contributed by atoms with Gasteiger partial charge in [0, 0.05) is 6.54 Å². The maximum Gasteiger partial charge on any atom is 0.404 e. The minimum Gasteiger partial charge on any atom is -0.465 e. The van der Waals surface area contributed by atoms with Crippen LogP contribution in [-0.2, 0) is 11.1 Å². The largest absolute Gasteiger partial charge is 0.465 e. The van der Waals surface area contributed by atoms with Crippen LogP contribution in [0.2, 0.25) is 0 Å². The number of amides is 1. The average molecular weight is 235 g/mol. The van der Waals surface area contributed by atoms with Crippen molar-refractivity contribution in [1.29, 1.82) is 0 Å². The molecule has 6 heteroatoms. The predicted octanol–water partition coefficient (Wildman–Crippen LogP) is 1.28. The van der Waals surface area contributed by atoms with Crippen molar-refractivity contribution in [3.8, 4) is 0 Å². The Morgan fingerprint density at radius 1 is 1.27 bits per heavy atom. The number of nitrogens with one attached hydrogen (secondary N) is 1. The first-order valence-electron chi connectivity index (χ1n) is 5.12. The topological polar surface area (TPSA) is 86.6 Å². The predicted molar refractivity (Wildman–Crippen MR) is 57.1 cm³/mol. The van der Waals surface area contributed by atoms with Crippen molar-refractivity contribution in [1.82, 2.24) is 5.32 Å². The maximum atomic E-state index is 10.6. The Balaban J connectivity index is 2.18. The molecule has 5 nitrogen and oxygen atoms in total. The van der Waals surface area contributed by atoms with Crippen LogP contribution >= 0.6 is 0 Å². The molecule has 1 aliphatic carbocycles. The zero-order chi connectivity index (χ0) is 11.3. The quantitative estimate of drug-likeness (QED) is 0.641. The number of carbonyl (C=O) groups is 1. The summed E-state index contributed by atoms with van der Waals surface area (Å²) in [5.41, 5.74) is 0. The number of hydrogen-bond donors (Lipinski definition) is 3. The van der Waals surface area contributed by atoms with Gasteiger partial charge in [-0.1, -0.05) is 0 Å². The van der Waals surface area contributed by atoms with E-state index in [1.54, 1.807) is 0 Å². The van der Waals surface area contributed by atoms with Gasteiger partial charge < -0.3 is 15.0 Å². The molecule has 0 radical (unpaired) electrons. The van der Waals surface area contributed by atoms with Crippen LogP contribution in [0, 0.1) is 11.8 Å². The molecule has 1 saturated carbocycles. The summed E-state index contributed by atoms with van der Waals surface area (Å²) in [4.78, 5) is 10.3. The Bertz CT molecular complexity index is 238. The van der Waals surface area contributed by atoms with Gasteiger partial charge in [-0.05, 0) is 37.5 Å². The monoisotopic (exact) mass is 235 g/mol. The Kier molecular flexibility index (Phi) is 5.04. The number of carboxylic acid groups (broad SMARTS) is 1. The highest BCUT2D eigenvalue weighted by atomic mass is 32.2. The minimum atomic E-state index is -1.70. The van der Waals surface area contributed by atoms with E-state index >= 15 is 0 Å². The third-order valence-corrected chi connectivity index (χ3v) is 3.64. The lowest BCUT2D eigenvalue weighted by molar-refractivity contribution is 0.188. The van der Waals surface area contributed by atoms with Gasteiger partial charge in [0.2, 0.25) is 0 Å². The van der Waals surface area contributed by atoms with Gasteiger partial charge in [-0.15, -0.1) is 0 Å². The minimum absolute atomic E-state index is 0.330. The first-order valence-corrected chi connectivity index (χ1v) is 6.39. The molecule has 3 N–H and O–H groups in total. The zero-order valence-electron chi connectivity index (χ0n) is 8.52. The molecule has 0 aromatic carbocycles. The Morgan fingerprint density at radius 2 is 1.80 bits per heavy atom. The van der Waals surface area contributed by atoms with E-state index < -0.39 is 17.2 Å². The third-order valence-electron chi connectivity index (χ3n) is 2.89. The lowest BCUT2D eigenvalue weighted by atomic mass is 9.83. The smallest absolute Gasteiger partial charge is 0.404 e. The second-order valence-electron chi connectivity index (χ2n) is 4.06. The van der Waals surface area contributed by atoms with Crippen LogP contribution in [0.25, 0.3) is 0 Å². The molecule has 1 rings (SSSR count). The average Bonchev–Trinajstić information content (AvgIpc) is 2.16. The highest BCUT2D eigenvalue weighted by molar-refractivity contribution is 7.79. The highest BCUT2D eigenvalue weighted by Gasteiger charge is 2.22. The van der Waals surface area contributed by atoms with Crippen molar-refractivity contribution in [2.24, 2.45) is 11.8 Å². The van der Waals surface area contributed by atoms with Crippen LogP contribution in [0.3, 0.4) is 0 Å². The molecule has 0 heterocycles. The summed E-state index contributed by atoms with van der Waals surface area (Å²) in [5, 5.41) is 10.8. The molecular formula is C9H17NO4S. The van der Waals surface area contributed by atoms with Gasteiger partial charge in [0.05, 0.1) is 5.75 Å². The van der Waals surface area contributed by atoms with Gasteiger partial charge in [0.15, 0.2) is 11.1 Å². The molecule has 1 fully saturated rings. The first kappa shape index (κ1) is 12.4. The SMILES string of the molecule is O=C(O)NCC1CCC(CS(=O)O)CC1. The lowest BCUT2D eigenvalue weighted by Gasteiger charge is -2.27. The molecule has 1 aliphatic rings. The van der Waals surface area contributed by atoms with E-state index in [9.17, 15) is 9.00 Å². The number of rotatable bonds is 4. The summed E-state index contributed by atoms with van der Waals surface area (Å²) in [6.45, 7) is 0.504. The molecule has 1 unspecified atom stereocenters. The van der Waals surface area contributed by atoms with Crippen LogP contribution < -0.4 is 5.32 Å². The highest BCUT2D eigenvalue weighted by Crippen LogP contribution is 2.28. The molecule has 0 saturated heterocycles. The van der Waals surface area contributed by atoms with E-state index in [1.165, 1.54) is 0 Å². The maximum absolute atomic E-state index is 10.6. The fraction of sp³-hybridized carbons (Fsp3) is 0.889. The zero-order valence-corrected chi connectivity index (χ0v) is 9.33. The van der Waals surface area contributed by atoms with Crippen LogP contribution in [0.5, 0.6) is 0 Å². The summed E-state index contributed by atoms with van der Waals surface area (Å²) < 4.78 is 19.3. The normalized spacial score (nSPS) is 28.3. The van der Waals surface area contributed by atoms with Crippen molar-refractivity contribution in [3.05, 3.63) is 0 Å². The summed E-state index contributed by atoms with van der Waals surface area (Å²) in [5.74, 6) is 1.08. The van der Waals surface area contributed by atoms with Crippen LogP contribution in [0.15, 0.2) is 0 Å². The van der Waals surface area contributed by atoms with E-state index in [-0.39, 0.29) is 0 Å². The molecule has 1 atom stereocenters. The van der Waals surface area contributed by atoms with Gasteiger partial charge >= 0.3 is 6.09 Å². The summed E-state index contributed by atoms with van der Waals surface area (Å²) in [6.07, 6.45) is 2.77. The van der Waals surface area contributed by atoms with E-state index in [0.717, 1.165) is 25.7 Å². The molecule has 0 aromatic heterocycles. The van der Waals surface area contributed by atoms with Gasteiger partial charge in [0.25, 0.3) is 0 Å². The van der Waals surface area contributed by atoms with Crippen molar-refractivity contribution in [3.63, 3.8) is 0 Å². The molecule has 88 valence electrons. The summed E-state index contributed by atoms with van der Waals surface area (Å²) in [6, 6.07) is 0. The lowest BCUT2D eigenvalue weighted by Crippen LogP contribution is -2.30. The summed E-state index contributed by atoms with van der Waals surface area (Å²) >= 11 is -1.70. The molecule has 0 aromatic rings. The van der Waals surface area contributed by atoms with Crippen molar-refractivity contribution < 1.29 is 18.7 Å². The van der Waals surface area contributed by atoms with E-state index in [1.807, 2.05) is 0 Å². The standard InChI is InChI=1S/C9H17NO4S/c11-9(12)10-5-7-1-3-8(4-2-7)6-15(13)14/h7-8,10H,1-6H2,(H,11,12)(H,13,14). The van der Waals surface area contributed by atoms with Gasteiger partial charge in [-0.25, -0.2) is 9.00 Å². The van der Waals surface area contributed by atoms with Crippen LogP contribution in [0.1, 0.15) is 25.7 Å². The van der Waals surface area contributed by atoms with Crippen LogP contribution in [0.4, 0.5) is 4.79 Å². The molecule has 0 aliphatic heterocycles. The Morgan fingerprint density at radius 3 is 2.27 bits per heavy atom. The third kappa shape index (κ3) is 5.13. The molecule has 0 bridgehead atoms. The van der Waals surface area contributed by atoms with Crippen molar-refractivity contribution >= 4 is 17.2 Å². The molecule has 0 spiro atoms. The second-order valence-corrected chi connectivity index (χ2v) is 5.04. The summed E-state index contributed by atoms with van der Waals surface area (Å²) in [7, 11) is 0. The Labute approximate surface area is 91.5 Å². The van der Waals surface area contributed by atoms with E-state index in [2.05, 4.69) is 5.32 Å².